The Kier molecular flexibility index (Phi) is 5.88. The summed E-state index contributed by atoms with van der Waals surface area (Å²) in [6, 6.07) is 14.4. The molecule has 1 heterocycles. The molecule has 2 atom stereocenters. The fraction of sp³-hybridized carbons (Fsp3) is 0.350. The van der Waals surface area contributed by atoms with Crippen LogP contribution in [0.25, 0.3) is 0 Å². The zero-order valence-electron chi connectivity index (χ0n) is 15.0. The van der Waals surface area contributed by atoms with E-state index in [-0.39, 0.29) is 5.91 Å². The third-order valence-corrected chi connectivity index (χ3v) is 4.73. The average Bonchev–Trinajstić information content (AvgIpc) is 3.22. The van der Waals surface area contributed by atoms with E-state index in [2.05, 4.69) is 16.2 Å². The minimum atomic E-state index is -0.767. The lowest BCUT2D eigenvalue weighted by molar-refractivity contribution is 0.0851. The number of carbonyl (C=O) groups is 1. The molecule has 0 saturated carbocycles. The van der Waals surface area contributed by atoms with Crippen molar-refractivity contribution < 1.29 is 14.6 Å². The minimum Gasteiger partial charge on any atom is -0.496 e. The van der Waals surface area contributed by atoms with Crippen molar-refractivity contribution in [2.24, 2.45) is 0 Å². The highest BCUT2D eigenvalue weighted by atomic mass is 16.5. The van der Waals surface area contributed by atoms with Gasteiger partial charge in [0.15, 0.2) is 0 Å². The second kappa shape index (κ2) is 8.31. The van der Waals surface area contributed by atoms with E-state index in [0.717, 1.165) is 24.2 Å². The highest BCUT2D eigenvalue weighted by molar-refractivity contribution is 5.95. The van der Waals surface area contributed by atoms with Crippen molar-refractivity contribution in [2.75, 3.05) is 20.2 Å². The Labute approximate surface area is 153 Å². The molecule has 0 radical (unpaired) electrons. The summed E-state index contributed by atoms with van der Waals surface area (Å²) in [5, 5.41) is 13.3. The maximum Gasteiger partial charge on any atom is 0.251 e. The van der Waals surface area contributed by atoms with Gasteiger partial charge in [-0.25, -0.2) is 0 Å². The van der Waals surface area contributed by atoms with Gasteiger partial charge in [0.05, 0.1) is 19.3 Å². The van der Waals surface area contributed by atoms with Crippen LogP contribution < -0.4 is 20.9 Å². The SMILES string of the molecule is COc1cc(C(=O)N[C@@H](C)[C@H](O)c2ccccc2)ccc1C1CNNC1. The fourth-order valence-electron chi connectivity index (χ4n) is 3.18. The van der Waals surface area contributed by atoms with Gasteiger partial charge in [-0.15, -0.1) is 0 Å². The first-order chi connectivity index (χ1) is 12.6. The van der Waals surface area contributed by atoms with Crippen molar-refractivity contribution in [3.05, 3.63) is 65.2 Å². The number of methoxy groups -OCH3 is 1. The number of hydrogen-bond acceptors (Lipinski definition) is 5. The lowest BCUT2D eigenvalue weighted by atomic mass is 9.97. The molecule has 2 aromatic rings. The summed E-state index contributed by atoms with van der Waals surface area (Å²) in [4.78, 5) is 12.6. The molecular weight excluding hydrogens is 330 g/mol. The van der Waals surface area contributed by atoms with Crippen molar-refractivity contribution in [1.29, 1.82) is 0 Å². The number of amides is 1. The minimum absolute atomic E-state index is 0.236. The van der Waals surface area contributed by atoms with Crippen LogP contribution in [0.4, 0.5) is 0 Å². The van der Waals surface area contributed by atoms with Gasteiger partial charge in [0.2, 0.25) is 0 Å². The first-order valence-corrected chi connectivity index (χ1v) is 8.77. The molecule has 1 aliphatic rings. The van der Waals surface area contributed by atoms with Crippen molar-refractivity contribution in [1.82, 2.24) is 16.2 Å². The van der Waals surface area contributed by atoms with E-state index in [9.17, 15) is 9.90 Å². The molecule has 0 bridgehead atoms. The first-order valence-electron chi connectivity index (χ1n) is 8.77. The number of hydrogen-bond donors (Lipinski definition) is 4. The van der Waals surface area contributed by atoms with E-state index in [1.54, 1.807) is 26.2 Å². The Bertz CT molecular complexity index is 745. The smallest absolute Gasteiger partial charge is 0.251 e. The zero-order chi connectivity index (χ0) is 18.5. The molecule has 4 N–H and O–H groups in total. The van der Waals surface area contributed by atoms with Gasteiger partial charge in [-0.05, 0) is 30.2 Å². The van der Waals surface area contributed by atoms with Crippen LogP contribution in [0.2, 0.25) is 0 Å². The molecular formula is C20H25N3O3. The number of hydrazine groups is 1. The van der Waals surface area contributed by atoms with E-state index < -0.39 is 12.1 Å². The van der Waals surface area contributed by atoms with E-state index in [1.807, 2.05) is 36.4 Å². The molecule has 1 saturated heterocycles. The van der Waals surface area contributed by atoms with Crippen LogP contribution in [0.5, 0.6) is 5.75 Å². The summed E-state index contributed by atoms with van der Waals surface area (Å²) in [6.07, 6.45) is -0.767. The number of carbonyl (C=O) groups excluding carboxylic acids is 1. The number of ether oxygens (including phenoxy) is 1. The molecule has 26 heavy (non-hydrogen) atoms. The van der Waals surface area contributed by atoms with Crippen molar-refractivity contribution in [3.8, 4) is 5.75 Å². The number of aliphatic hydroxyl groups excluding tert-OH is 1. The zero-order valence-corrected chi connectivity index (χ0v) is 15.0. The summed E-state index contributed by atoms with van der Waals surface area (Å²) in [6.45, 7) is 3.43. The number of rotatable bonds is 6. The van der Waals surface area contributed by atoms with Gasteiger partial charge in [0, 0.05) is 24.6 Å². The third kappa shape index (κ3) is 4.04. The lowest BCUT2D eigenvalue weighted by Gasteiger charge is -2.21. The quantitative estimate of drug-likeness (QED) is 0.635. The maximum atomic E-state index is 12.6. The molecule has 0 aliphatic carbocycles. The Morgan fingerprint density at radius 3 is 2.54 bits per heavy atom. The Morgan fingerprint density at radius 2 is 1.88 bits per heavy atom. The number of benzene rings is 2. The monoisotopic (exact) mass is 355 g/mol. The number of nitrogens with one attached hydrogen (secondary N) is 3. The molecule has 6 heteroatoms. The summed E-state index contributed by atoms with van der Waals surface area (Å²) in [5.74, 6) is 0.769. The van der Waals surface area contributed by atoms with Crippen LogP contribution in [0.15, 0.2) is 48.5 Å². The van der Waals surface area contributed by atoms with Gasteiger partial charge in [0.1, 0.15) is 5.75 Å². The third-order valence-electron chi connectivity index (χ3n) is 4.73. The van der Waals surface area contributed by atoms with Crippen molar-refractivity contribution in [2.45, 2.75) is 25.0 Å². The van der Waals surface area contributed by atoms with E-state index >= 15 is 0 Å². The maximum absolute atomic E-state index is 12.6. The summed E-state index contributed by atoms with van der Waals surface area (Å²) < 4.78 is 5.49. The molecule has 6 nitrogen and oxygen atoms in total. The molecule has 0 unspecified atom stereocenters. The largest absolute Gasteiger partial charge is 0.496 e. The van der Waals surface area contributed by atoms with E-state index in [4.69, 9.17) is 4.74 Å². The van der Waals surface area contributed by atoms with Gasteiger partial charge in [-0.3, -0.25) is 15.6 Å². The van der Waals surface area contributed by atoms with Crippen LogP contribution in [0.1, 0.15) is 40.4 Å². The highest BCUT2D eigenvalue weighted by Gasteiger charge is 2.23. The molecule has 1 amide bonds. The Balaban J connectivity index is 1.71. The number of aliphatic hydroxyl groups is 1. The van der Waals surface area contributed by atoms with E-state index in [1.165, 1.54) is 0 Å². The predicted molar refractivity (Wildman–Crippen MR) is 100 cm³/mol. The second-order valence-electron chi connectivity index (χ2n) is 6.53. The molecule has 3 rings (SSSR count). The standard InChI is InChI=1S/C20H25N3O3/c1-13(19(24)14-6-4-3-5-7-14)23-20(25)15-8-9-17(18(10-15)26-2)16-11-21-22-12-16/h3-10,13,16,19,21-22,24H,11-12H2,1-2H3,(H,23,25)/t13-,19-/m0/s1. The molecule has 138 valence electrons. The van der Waals surface area contributed by atoms with Crippen molar-refractivity contribution >= 4 is 5.91 Å². The van der Waals surface area contributed by atoms with Gasteiger partial charge in [0.25, 0.3) is 5.91 Å². The topological polar surface area (TPSA) is 82.6 Å². The molecule has 1 fully saturated rings. The van der Waals surface area contributed by atoms with Crippen molar-refractivity contribution in [3.63, 3.8) is 0 Å². The Morgan fingerprint density at radius 1 is 1.19 bits per heavy atom. The van der Waals surface area contributed by atoms with Crippen LogP contribution >= 0.6 is 0 Å². The van der Waals surface area contributed by atoms with Gasteiger partial charge < -0.3 is 15.2 Å². The van der Waals surface area contributed by atoms with Crippen LogP contribution in [-0.2, 0) is 0 Å². The first kappa shape index (κ1) is 18.4. The second-order valence-corrected chi connectivity index (χ2v) is 6.53. The summed E-state index contributed by atoms with van der Waals surface area (Å²) in [5.41, 5.74) is 8.55. The van der Waals surface area contributed by atoms with Gasteiger partial charge in [-0.2, -0.15) is 0 Å². The van der Waals surface area contributed by atoms with Crippen LogP contribution in [0, 0.1) is 0 Å². The van der Waals surface area contributed by atoms with Crippen LogP contribution in [0.3, 0.4) is 0 Å². The Hall–Kier alpha value is -2.41. The molecule has 2 aromatic carbocycles. The molecule has 0 spiro atoms. The fourth-order valence-corrected chi connectivity index (χ4v) is 3.18. The summed E-state index contributed by atoms with van der Waals surface area (Å²) in [7, 11) is 1.61. The van der Waals surface area contributed by atoms with Gasteiger partial charge in [-0.1, -0.05) is 36.4 Å². The predicted octanol–water partition coefficient (Wildman–Crippen LogP) is 1.74. The molecule has 1 aliphatic heterocycles. The van der Waals surface area contributed by atoms with Gasteiger partial charge >= 0.3 is 0 Å². The molecule has 0 aromatic heterocycles. The van der Waals surface area contributed by atoms with E-state index in [0.29, 0.717) is 17.2 Å². The average molecular weight is 355 g/mol. The highest BCUT2D eigenvalue weighted by Crippen LogP contribution is 2.28. The lowest BCUT2D eigenvalue weighted by Crippen LogP contribution is -2.37. The summed E-state index contributed by atoms with van der Waals surface area (Å²) >= 11 is 0. The van der Waals surface area contributed by atoms with Crippen LogP contribution in [-0.4, -0.2) is 37.3 Å². The normalized spacial score (nSPS) is 16.9.